The lowest BCUT2D eigenvalue weighted by Gasteiger charge is -2.19. The molecule has 0 spiro atoms. The Bertz CT molecular complexity index is 212. The van der Waals surface area contributed by atoms with Crippen LogP contribution in [-0.2, 0) is 9.53 Å². The van der Waals surface area contributed by atoms with E-state index in [9.17, 15) is 4.79 Å². The van der Waals surface area contributed by atoms with Crippen LogP contribution in [0, 0.1) is 5.92 Å². The fraction of sp³-hybridized carbons (Fsp3) is 0.917. The van der Waals surface area contributed by atoms with E-state index < -0.39 is 0 Å². The summed E-state index contributed by atoms with van der Waals surface area (Å²) < 4.78 is 5.35. The molecule has 0 aliphatic heterocycles. The maximum absolute atomic E-state index is 11.4. The van der Waals surface area contributed by atoms with E-state index in [2.05, 4.69) is 19.2 Å². The second kappa shape index (κ2) is 7.13. The fourth-order valence-corrected chi connectivity index (χ4v) is 1.59. The van der Waals surface area contributed by atoms with Gasteiger partial charge in [0.1, 0.15) is 6.61 Å². The molecule has 0 saturated carbocycles. The first kappa shape index (κ1) is 15.7. The molecule has 1 N–H and O–H groups in total. The van der Waals surface area contributed by atoms with Crippen LogP contribution in [0.1, 0.15) is 41.0 Å². The first-order valence-corrected chi connectivity index (χ1v) is 6.19. The second-order valence-corrected chi connectivity index (χ2v) is 6.05. The van der Waals surface area contributed by atoms with Gasteiger partial charge in [-0.15, -0.1) is 11.6 Å². The number of rotatable bonds is 6. The summed E-state index contributed by atoms with van der Waals surface area (Å²) in [5.74, 6) is 0.439. The summed E-state index contributed by atoms with van der Waals surface area (Å²) in [6.07, 6.45) is 0.905. The predicted molar refractivity (Wildman–Crippen MR) is 67.8 cm³/mol. The normalized spacial score (nSPS) is 13.9. The molecule has 0 saturated heterocycles. The van der Waals surface area contributed by atoms with Gasteiger partial charge >= 0.3 is 0 Å². The number of halogens is 1. The fourth-order valence-electron chi connectivity index (χ4n) is 1.15. The van der Waals surface area contributed by atoms with Gasteiger partial charge in [-0.05, 0) is 33.1 Å². The van der Waals surface area contributed by atoms with Crippen LogP contribution in [-0.4, -0.2) is 30.0 Å². The molecule has 1 amide bonds. The standard InChI is InChI=1S/C12H24ClNO2/c1-9(2)6-10(13)7-14-11(15)8-16-12(3,4)5/h9-10H,6-8H2,1-5H3,(H,14,15). The van der Waals surface area contributed by atoms with E-state index in [1.54, 1.807) is 0 Å². The van der Waals surface area contributed by atoms with Gasteiger partial charge in [-0.1, -0.05) is 13.8 Å². The molecule has 0 fully saturated rings. The smallest absolute Gasteiger partial charge is 0.246 e. The molecule has 3 nitrogen and oxygen atoms in total. The Morgan fingerprint density at radius 3 is 2.38 bits per heavy atom. The zero-order chi connectivity index (χ0) is 12.8. The number of nitrogens with one attached hydrogen (secondary N) is 1. The highest BCUT2D eigenvalue weighted by atomic mass is 35.5. The summed E-state index contributed by atoms with van der Waals surface area (Å²) in [7, 11) is 0. The minimum Gasteiger partial charge on any atom is -0.366 e. The third kappa shape index (κ3) is 10.2. The van der Waals surface area contributed by atoms with E-state index in [1.807, 2.05) is 20.8 Å². The van der Waals surface area contributed by atoms with Crippen molar-refractivity contribution in [2.24, 2.45) is 5.92 Å². The number of hydrogen-bond acceptors (Lipinski definition) is 2. The number of hydrogen-bond donors (Lipinski definition) is 1. The second-order valence-electron chi connectivity index (χ2n) is 5.43. The van der Waals surface area contributed by atoms with Gasteiger partial charge in [0.25, 0.3) is 0 Å². The molecule has 0 aromatic carbocycles. The van der Waals surface area contributed by atoms with E-state index >= 15 is 0 Å². The molecule has 96 valence electrons. The largest absolute Gasteiger partial charge is 0.366 e. The molecule has 1 atom stereocenters. The number of carbonyl (C=O) groups is 1. The quantitative estimate of drug-likeness (QED) is 0.735. The molecule has 4 heteroatoms. The Kier molecular flexibility index (Phi) is 7.00. The Morgan fingerprint density at radius 2 is 1.94 bits per heavy atom. The Labute approximate surface area is 104 Å². The van der Waals surface area contributed by atoms with Gasteiger partial charge in [0.05, 0.1) is 11.0 Å². The van der Waals surface area contributed by atoms with Gasteiger partial charge < -0.3 is 10.1 Å². The van der Waals surface area contributed by atoms with E-state index in [4.69, 9.17) is 16.3 Å². The number of ether oxygens (including phenoxy) is 1. The van der Waals surface area contributed by atoms with Crippen LogP contribution >= 0.6 is 11.6 Å². The maximum atomic E-state index is 11.4. The minimum atomic E-state index is -0.282. The molecule has 0 aliphatic rings. The lowest BCUT2D eigenvalue weighted by molar-refractivity contribution is -0.130. The summed E-state index contributed by atoms with van der Waals surface area (Å²) in [5, 5.41) is 2.76. The van der Waals surface area contributed by atoms with Crippen molar-refractivity contribution < 1.29 is 9.53 Å². The van der Waals surface area contributed by atoms with Gasteiger partial charge in [-0.25, -0.2) is 0 Å². The van der Waals surface area contributed by atoms with Crippen molar-refractivity contribution >= 4 is 17.5 Å². The lowest BCUT2D eigenvalue weighted by atomic mass is 10.1. The highest BCUT2D eigenvalue weighted by Gasteiger charge is 2.14. The molecule has 0 rings (SSSR count). The molecular formula is C12H24ClNO2. The van der Waals surface area contributed by atoms with Gasteiger partial charge in [0.2, 0.25) is 5.91 Å². The molecule has 0 aromatic heterocycles. The number of alkyl halides is 1. The van der Waals surface area contributed by atoms with Gasteiger partial charge in [0.15, 0.2) is 0 Å². The highest BCUT2D eigenvalue weighted by Crippen LogP contribution is 2.09. The third-order valence-electron chi connectivity index (χ3n) is 1.88. The monoisotopic (exact) mass is 249 g/mol. The molecule has 0 aliphatic carbocycles. The molecule has 0 aromatic rings. The van der Waals surface area contributed by atoms with Crippen molar-refractivity contribution in [2.75, 3.05) is 13.2 Å². The average molecular weight is 250 g/mol. The SMILES string of the molecule is CC(C)CC(Cl)CNC(=O)COC(C)(C)C. The van der Waals surface area contributed by atoms with E-state index in [1.165, 1.54) is 0 Å². The zero-order valence-electron chi connectivity index (χ0n) is 11.0. The lowest BCUT2D eigenvalue weighted by Crippen LogP contribution is -2.35. The molecule has 0 radical (unpaired) electrons. The van der Waals surface area contributed by atoms with Gasteiger partial charge in [-0.2, -0.15) is 0 Å². The molecular weight excluding hydrogens is 226 g/mol. The zero-order valence-corrected chi connectivity index (χ0v) is 11.7. The molecule has 16 heavy (non-hydrogen) atoms. The number of carbonyl (C=O) groups excluding carboxylic acids is 1. The Hall–Kier alpha value is -0.280. The van der Waals surface area contributed by atoms with Crippen molar-refractivity contribution in [2.45, 2.75) is 52.0 Å². The van der Waals surface area contributed by atoms with Crippen LogP contribution in [0.5, 0.6) is 0 Å². The average Bonchev–Trinajstić information content (AvgIpc) is 2.09. The van der Waals surface area contributed by atoms with Crippen molar-refractivity contribution in [3.8, 4) is 0 Å². The summed E-state index contributed by atoms with van der Waals surface area (Å²) in [5.41, 5.74) is -0.282. The van der Waals surface area contributed by atoms with E-state index in [0.717, 1.165) is 6.42 Å². The van der Waals surface area contributed by atoms with E-state index in [0.29, 0.717) is 12.5 Å². The van der Waals surface area contributed by atoms with Crippen molar-refractivity contribution in [3.63, 3.8) is 0 Å². The molecule has 1 unspecified atom stereocenters. The van der Waals surface area contributed by atoms with Gasteiger partial charge in [-0.3, -0.25) is 4.79 Å². The molecule has 0 heterocycles. The summed E-state index contributed by atoms with van der Waals surface area (Å²) in [6, 6.07) is 0. The highest BCUT2D eigenvalue weighted by molar-refractivity contribution is 6.20. The summed E-state index contributed by atoms with van der Waals surface area (Å²) >= 11 is 6.05. The van der Waals surface area contributed by atoms with Crippen molar-refractivity contribution in [1.29, 1.82) is 0 Å². The van der Waals surface area contributed by atoms with Crippen molar-refractivity contribution in [1.82, 2.24) is 5.32 Å². The van der Waals surface area contributed by atoms with Gasteiger partial charge in [0, 0.05) is 6.54 Å². The molecule has 0 bridgehead atoms. The van der Waals surface area contributed by atoms with Crippen LogP contribution < -0.4 is 5.32 Å². The van der Waals surface area contributed by atoms with Crippen LogP contribution in [0.2, 0.25) is 0 Å². The van der Waals surface area contributed by atoms with Crippen molar-refractivity contribution in [3.05, 3.63) is 0 Å². The summed E-state index contributed by atoms with van der Waals surface area (Å²) in [6.45, 7) is 10.6. The topological polar surface area (TPSA) is 38.3 Å². The van der Waals surface area contributed by atoms with Crippen LogP contribution in [0.15, 0.2) is 0 Å². The van der Waals surface area contributed by atoms with Crippen LogP contribution in [0.3, 0.4) is 0 Å². The maximum Gasteiger partial charge on any atom is 0.246 e. The Morgan fingerprint density at radius 1 is 1.38 bits per heavy atom. The van der Waals surface area contributed by atoms with Crippen LogP contribution in [0.4, 0.5) is 0 Å². The van der Waals surface area contributed by atoms with Crippen LogP contribution in [0.25, 0.3) is 0 Å². The van der Waals surface area contributed by atoms with E-state index in [-0.39, 0.29) is 23.5 Å². The predicted octanol–water partition coefficient (Wildman–Crippen LogP) is 2.57. The first-order chi connectivity index (χ1) is 7.20. The first-order valence-electron chi connectivity index (χ1n) is 5.75. The number of amides is 1. The Balaban J connectivity index is 3.65. The minimum absolute atomic E-state index is 0.00131. The third-order valence-corrected chi connectivity index (χ3v) is 2.22. The summed E-state index contributed by atoms with van der Waals surface area (Å²) in [4.78, 5) is 11.4.